The van der Waals surface area contributed by atoms with Gasteiger partial charge in [0.15, 0.2) is 5.16 Å². The summed E-state index contributed by atoms with van der Waals surface area (Å²) in [6.07, 6.45) is 0. The molecule has 0 saturated carbocycles. The van der Waals surface area contributed by atoms with E-state index >= 15 is 0 Å². The molecule has 1 aromatic heterocycles. The fourth-order valence-corrected chi connectivity index (χ4v) is 2.35. The van der Waals surface area contributed by atoms with Crippen molar-refractivity contribution < 1.29 is 4.79 Å². The van der Waals surface area contributed by atoms with Crippen LogP contribution in [0.4, 0.5) is 0 Å². The molecule has 7 heteroatoms. The van der Waals surface area contributed by atoms with Crippen LogP contribution < -0.4 is 16.8 Å². The van der Waals surface area contributed by atoms with Crippen LogP contribution in [0, 0.1) is 12.8 Å². The summed E-state index contributed by atoms with van der Waals surface area (Å²) in [7, 11) is 0. The first kappa shape index (κ1) is 13.7. The number of nitrogens with one attached hydrogen (secondary N) is 2. The van der Waals surface area contributed by atoms with Crippen LogP contribution in [0.2, 0.25) is 0 Å². The molecule has 6 nitrogen and oxygen atoms in total. The molecule has 17 heavy (non-hydrogen) atoms. The monoisotopic (exact) mass is 256 g/mol. The van der Waals surface area contributed by atoms with Gasteiger partial charge < -0.3 is 4.98 Å². The van der Waals surface area contributed by atoms with Gasteiger partial charge in [0, 0.05) is 11.8 Å². The molecule has 0 bridgehead atoms. The Hall–Kier alpha value is -1.34. The molecule has 94 valence electrons. The summed E-state index contributed by atoms with van der Waals surface area (Å²) in [6.45, 7) is 5.54. The van der Waals surface area contributed by atoms with Gasteiger partial charge in [0.2, 0.25) is 5.91 Å². The quantitative estimate of drug-likeness (QED) is 0.235. The number of hydrogen-bond donors (Lipinski definition) is 3. The maximum atomic E-state index is 11.6. The van der Waals surface area contributed by atoms with Gasteiger partial charge in [-0.1, -0.05) is 25.6 Å². The van der Waals surface area contributed by atoms with E-state index < -0.39 is 0 Å². The molecule has 1 atom stereocenters. The Morgan fingerprint density at radius 3 is 2.71 bits per heavy atom. The van der Waals surface area contributed by atoms with Crippen LogP contribution in [0.3, 0.4) is 0 Å². The van der Waals surface area contributed by atoms with Crippen LogP contribution in [0.15, 0.2) is 16.0 Å². The molecule has 0 aliphatic heterocycles. The van der Waals surface area contributed by atoms with Gasteiger partial charge in [-0.05, 0) is 12.8 Å². The highest BCUT2D eigenvalue weighted by molar-refractivity contribution is 8.00. The molecular formula is C10H16N4O2S. The summed E-state index contributed by atoms with van der Waals surface area (Å²) in [6, 6.07) is 1.40. The Bertz CT molecular complexity index is 458. The summed E-state index contributed by atoms with van der Waals surface area (Å²) < 4.78 is 0. The van der Waals surface area contributed by atoms with Crippen LogP contribution in [0.25, 0.3) is 0 Å². The van der Waals surface area contributed by atoms with Crippen molar-refractivity contribution in [3.8, 4) is 0 Å². The van der Waals surface area contributed by atoms with Gasteiger partial charge in [-0.15, -0.1) is 0 Å². The van der Waals surface area contributed by atoms with Crippen molar-refractivity contribution in [2.24, 2.45) is 11.8 Å². The highest BCUT2D eigenvalue weighted by Crippen LogP contribution is 2.24. The fourth-order valence-electron chi connectivity index (χ4n) is 1.30. The zero-order valence-electron chi connectivity index (χ0n) is 9.98. The van der Waals surface area contributed by atoms with Crippen molar-refractivity contribution in [3.05, 3.63) is 22.1 Å². The van der Waals surface area contributed by atoms with Crippen molar-refractivity contribution >= 4 is 17.7 Å². The predicted octanol–water partition coefficient (Wildman–Crippen LogP) is 0.185. The maximum absolute atomic E-state index is 11.6. The molecule has 1 heterocycles. The van der Waals surface area contributed by atoms with E-state index in [4.69, 9.17) is 5.84 Å². The number of nitrogens with zero attached hydrogens (tertiary/aromatic N) is 1. The van der Waals surface area contributed by atoms with Crippen LogP contribution >= 0.6 is 11.8 Å². The minimum Gasteiger partial charge on any atom is -0.301 e. The number of thioether (sulfide) groups is 1. The number of aryl methyl sites for hydroxylation is 1. The topological polar surface area (TPSA) is 101 Å². The number of amides is 1. The lowest BCUT2D eigenvalue weighted by molar-refractivity contribution is -0.121. The average Bonchev–Trinajstić information content (AvgIpc) is 2.23. The molecule has 0 spiro atoms. The van der Waals surface area contributed by atoms with Gasteiger partial charge in [-0.2, -0.15) is 0 Å². The molecule has 1 amide bonds. The van der Waals surface area contributed by atoms with Gasteiger partial charge >= 0.3 is 0 Å². The number of carbonyl (C=O) groups excluding carboxylic acids is 1. The Balaban J connectivity index is 2.93. The third kappa shape index (κ3) is 3.86. The maximum Gasteiger partial charge on any atom is 0.251 e. The Kier molecular flexibility index (Phi) is 4.71. The molecule has 1 aromatic rings. The first-order chi connectivity index (χ1) is 7.93. The molecule has 0 fully saturated rings. The number of aromatic amines is 1. The van der Waals surface area contributed by atoms with Gasteiger partial charge in [-0.25, -0.2) is 10.8 Å². The van der Waals surface area contributed by atoms with Crippen LogP contribution in [-0.2, 0) is 4.79 Å². The third-order valence-corrected chi connectivity index (χ3v) is 3.52. The van der Waals surface area contributed by atoms with E-state index in [0.717, 1.165) is 0 Å². The molecule has 0 radical (unpaired) electrons. The highest BCUT2D eigenvalue weighted by atomic mass is 32.2. The largest absolute Gasteiger partial charge is 0.301 e. The summed E-state index contributed by atoms with van der Waals surface area (Å²) in [5, 5.41) is 0.0437. The van der Waals surface area contributed by atoms with Crippen LogP contribution in [0.5, 0.6) is 0 Å². The number of aromatic nitrogens is 2. The molecule has 0 aliphatic rings. The molecular weight excluding hydrogens is 240 g/mol. The van der Waals surface area contributed by atoms with Crippen LogP contribution in [-0.4, -0.2) is 21.1 Å². The van der Waals surface area contributed by atoms with E-state index in [9.17, 15) is 9.59 Å². The smallest absolute Gasteiger partial charge is 0.251 e. The average molecular weight is 256 g/mol. The van der Waals surface area contributed by atoms with E-state index in [2.05, 4.69) is 15.4 Å². The van der Waals surface area contributed by atoms with Crippen molar-refractivity contribution in [1.29, 1.82) is 0 Å². The third-order valence-electron chi connectivity index (χ3n) is 2.09. The summed E-state index contributed by atoms with van der Waals surface area (Å²) in [5.74, 6) is 4.91. The Labute approximate surface area is 103 Å². The molecule has 1 rings (SSSR count). The second kappa shape index (κ2) is 5.83. The van der Waals surface area contributed by atoms with Crippen molar-refractivity contribution in [1.82, 2.24) is 15.4 Å². The molecule has 0 saturated heterocycles. The van der Waals surface area contributed by atoms with Gasteiger partial charge in [0.05, 0.1) is 5.25 Å². The molecule has 4 N–H and O–H groups in total. The number of hydrogen-bond acceptors (Lipinski definition) is 5. The lowest BCUT2D eigenvalue weighted by atomic mass is 10.1. The second-order valence-electron chi connectivity index (χ2n) is 3.98. The Morgan fingerprint density at radius 1 is 1.59 bits per heavy atom. The molecule has 0 aliphatic carbocycles. The summed E-state index contributed by atoms with van der Waals surface area (Å²) in [4.78, 5) is 29.6. The van der Waals surface area contributed by atoms with Crippen molar-refractivity contribution in [2.75, 3.05) is 0 Å². The summed E-state index contributed by atoms with van der Waals surface area (Å²) >= 11 is 1.20. The minimum atomic E-state index is -0.384. The lowest BCUT2D eigenvalue weighted by Crippen LogP contribution is -2.40. The first-order valence-corrected chi connectivity index (χ1v) is 6.07. The normalized spacial score (nSPS) is 12.5. The number of hydrazine groups is 1. The van der Waals surface area contributed by atoms with Gasteiger partial charge in [-0.3, -0.25) is 15.0 Å². The predicted molar refractivity (Wildman–Crippen MR) is 66.4 cm³/mol. The van der Waals surface area contributed by atoms with E-state index in [1.165, 1.54) is 17.8 Å². The fraction of sp³-hybridized carbons (Fsp3) is 0.500. The standard InChI is InChI=1S/C10H16N4O2S/c1-5(2)8(9(16)14-11)17-10-12-6(3)4-7(15)13-10/h4-5,8H,11H2,1-3H3,(H,14,16)(H,12,13,15). The van der Waals surface area contributed by atoms with Gasteiger partial charge in [0.25, 0.3) is 5.56 Å². The number of rotatable bonds is 4. The zero-order chi connectivity index (χ0) is 13.0. The Morgan fingerprint density at radius 2 is 2.24 bits per heavy atom. The van der Waals surface area contributed by atoms with E-state index in [-0.39, 0.29) is 22.6 Å². The molecule has 0 aromatic carbocycles. The number of nitrogens with two attached hydrogens (primary N) is 1. The molecule has 1 unspecified atom stereocenters. The zero-order valence-corrected chi connectivity index (χ0v) is 10.8. The first-order valence-electron chi connectivity index (χ1n) is 5.19. The summed E-state index contributed by atoms with van der Waals surface area (Å²) in [5.41, 5.74) is 2.51. The van der Waals surface area contributed by atoms with Crippen molar-refractivity contribution in [2.45, 2.75) is 31.2 Å². The highest BCUT2D eigenvalue weighted by Gasteiger charge is 2.23. The number of H-pyrrole nitrogens is 1. The van der Waals surface area contributed by atoms with Crippen molar-refractivity contribution in [3.63, 3.8) is 0 Å². The minimum absolute atomic E-state index is 0.0781. The van der Waals surface area contributed by atoms with E-state index in [1.54, 1.807) is 6.92 Å². The van der Waals surface area contributed by atoms with E-state index in [1.807, 2.05) is 13.8 Å². The van der Waals surface area contributed by atoms with Crippen LogP contribution in [0.1, 0.15) is 19.5 Å². The van der Waals surface area contributed by atoms with E-state index in [0.29, 0.717) is 10.9 Å². The SMILES string of the molecule is Cc1cc(=O)[nH]c(SC(C(=O)NN)C(C)C)n1. The number of carbonyl (C=O) groups is 1. The second-order valence-corrected chi connectivity index (χ2v) is 5.11. The van der Waals surface area contributed by atoms with Gasteiger partial charge in [0.1, 0.15) is 0 Å². The lowest BCUT2D eigenvalue weighted by Gasteiger charge is -2.17.